The van der Waals surface area contributed by atoms with Crippen molar-refractivity contribution in [1.82, 2.24) is 0 Å². The Morgan fingerprint density at radius 2 is 1.65 bits per heavy atom. The van der Waals surface area contributed by atoms with Crippen LogP contribution in [0.5, 0.6) is 0 Å². The van der Waals surface area contributed by atoms with E-state index >= 15 is 0 Å². The molecule has 4 atom stereocenters. The Kier molecular flexibility index (Phi) is 4.90. The molecule has 5 heteroatoms. The van der Waals surface area contributed by atoms with Gasteiger partial charge in [0.25, 0.3) is 0 Å². The highest BCUT2D eigenvalue weighted by molar-refractivity contribution is 7.55. The Bertz CT molecular complexity index is 736. The SMILES string of the molecule is COP(=O)(OC)[C@@]1(O)[C@H]2CCC[C@H]1[C@@H](c1ccccc1)C1=C2CCCC1. The lowest BCUT2D eigenvalue weighted by atomic mass is 9.57. The van der Waals surface area contributed by atoms with Crippen LogP contribution in [0.3, 0.4) is 0 Å². The van der Waals surface area contributed by atoms with Gasteiger partial charge in [0.2, 0.25) is 0 Å². The number of aliphatic hydroxyl groups is 1. The van der Waals surface area contributed by atoms with Gasteiger partial charge in [-0.05, 0) is 44.1 Å². The maximum atomic E-state index is 13.6. The fraction of sp³-hybridized carbons (Fsp3) is 0.619. The van der Waals surface area contributed by atoms with Gasteiger partial charge < -0.3 is 14.2 Å². The average Bonchev–Trinajstić information content (AvgIpc) is 2.68. The standard InChI is InChI=1S/C21H29O4P/c1-24-26(23,25-2)21(22)18-13-8-14-19(21)20(15-9-4-3-5-10-15)17-12-7-6-11-16(17)18/h3-5,9-10,18-20,22H,6-8,11-14H2,1-2H3/t18-,19-,20-,21-/m0/s1. The van der Waals surface area contributed by atoms with Crippen molar-refractivity contribution in [3.8, 4) is 0 Å². The first-order valence-corrected chi connectivity index (χ1v) is 11.3. The quantitative estimate of drug-likeness (QED) is 0.576. The molecule has 1 aromatic rings. The summed E-state index contributed by atoms with van der Waals surface area (Å²) >= 11 is 0. The summed E-state index contributed by atoms with van der Waals surface area (Å²) in [5.41, 5.74) is 4.03. The summed E-state index contributed by atoms with van der Waals surface area (Å²) in [6.45, 7) is 0. The molecule has 0 saturated heterocycles. The lowest BCUT2D eigenvalue weighted by Crippen LogP contribution is -2.54. The minimum Gasteiger partial charge on any atom is -0.377 e. The van der Waals surface area contributed by atoms with Crippen LogP contribution in [0.1, 0.15) is 56.4 Å². The van der Waals surface area contributed by atoms with Crippen LogP contribution in [0.25, 0.3) is 0 Å². The first-order chi connectivity index (χ1) is 12.6. The van der Waals surface area contributed by atoms with Gasteiger partial charge in [-0.25, -0.2) is 0 Å². The second kappa shape index (κ2) is 6.91. The molecule has 142 valence electrons. The Morgan fingerprint density at radius 3 is 2.31 bits per heavy atom. The van der Waals surface area contributed by atoms with Crippen LogP contribution in [0, 0.1) is 11.8 Å². The molecule has 2 bridgehead atoms. The van der Waals surface area contributed by atoms with Crippen LogP contribution in [0.2, 0.25) is 0 Å². The maximum absolute atomic E-state index is 13.6. The van der Waals surface area contributed by atoms with Crippen LogP contribution in [-0.4, -0.2) is 24.7 Å². The molecule has 1 saturated carbocycles. The van der Waals surface area contributed by atoms with Gasteiger partial charge in [-0.2, -0.15) is 0 Å². The van der Waals surface area contributed by atoms with Crippen molar-refractivity contribution >= 4 is 7.60 Å². The summed E-state index contributed by atoms with van der Waals surface area (Å²) in [5, 5.41) is 10.6. The molecule has 3 aliphatic carbocycles. The zero-order valence-corrected chi connectivity index (χ0v) is 16.6. The number of hydrogen-bond acceptors (Lipinski definition) is 4. The molecule has 0 aliphatic heterocycles. The van der Waals surface area contributed by atoms with Gasteiger partial charge >= 0.3 is 7.60 Å². The van der Waals surface area contributed by atoms with Crippen molar-refractivity contribution in [1.29, 1.82) is 0 Å². The normalized spacial score (nSPS) is 34.5. The van der Waals surface area contributed by atoms with Crippen molar-refractivity contribution in [2.75, 3.05) is 14.2 Å². The molecular weight excluding hydrogens is 347 g/mol. The van der Waals surface area contributed by atoms with Gasteiger partial charge in [0.15, 0.2) is 5.34 Å². The summed E-state index contributed by atoms with van der Waals surface area (Å²) in [7, 11) is -0.840. The molecule has 0 amide bonds. The van der Waals surface area contributed by atoms with Crippen LogP contribution in [-0.2, 0) is 13.6 Å². The van der Waals surface area contributed by atoms with E-state index in [-0.39, 0.29) is 17.8 Å². The fourth-order valence-corrected chi connectivity index (χ4v) is 7.96. The monoisotopic (exact) mass is 376 g/mol. The molecule has 4 rings (SSSR count). The first kappa shape index (κ1) is 18.4. The smallest absolute Gasteiger partial charge is 0.362 e. The van der Waals surface area contributed by atoms with Crippen LogP contribution >= 0.6 is 7.60 Å². The van der Waals surface area contributed by atoms with E-state index in [9.17, 15) is 9.67 Å². The average molecular weight is 376 g/mol. The summed E-state index contributed by atoms with van der Waals surface area (Å²) in [5.74, 6) is -0.139. The van der Waals surface area contributed by atoms with Crippen molar-refractivity contribution in [2.45, 2.75) is 56.2 Å². The Morgan fingerprint density at radius 1 is 1.00 bits per heavy atom. The van der Waals surface area contributed by atoms with E-state index < -0.39 is 12.9 Å². The third-order valence-corrected chi connectivity index (χ3v) is 9.38. The maximum Gasteiger partial charge on any atom is 0.362 e. The van der Waals surface area contributed by atoms with E-state index in [2.05, 4.69) is 24.3 Å². The second-order valence-electron chi connectivity index (χ2n) is 7.88. The minimum atomic E-state index is -3.65. The molecule has 0 aromatic heterocycles. The molecule has 1 N–H and O–H groups in total. The highest BCUT2D eigenvalue weighted by atomic mass is 31.2. The molecule has 0 unspecified atom stereocenters. The summed E-state index contributed by atoms with van der Waals surface area (Å²) in [4.78, 5) is 0. The van der Waals surface area contributed by atoms with Crippen LogP contribution < -0.4 is 0 Å². The topological polar surface area (TPSA) is 55.8 Å². The lowest BCUT2D eigenvalue weighted by molar-refractivity contribution is -0.0529. The van der Waals surface area contributed by atoms with Crippen LogP contribution in [0.15, 0.2) is 41.5 Å². The number of fused-ring (bicyclic) bond motifs is 3. The van der Waals surface area contributed by atoms with E-state index in [4.69, 9.17) is 9.05 Å². The third-order valence-electron chi connectivity index (χ3n) is 6.90. The Hall–Kier alpha value is -0.930. The second-order valence-corrected chi connectivity index (χ2v) is 10.3. The highest BCUT2D eigenvalue weighted by Gasteiger charge is 2.65. The number of allylic oxidation sites excluding steroid dienone is 1. The van der Waals surface area contributed by atoms with Gasteiger partial charge in [0.05, 0.1) is 0 Å². The molecule has 1 fully saturated rings. The van der Waals surface area contributed by atoms with Gasteiger partial charge in [-0.1, -0.05) is 47.9 Å². The van der Waals surface area contributed by atoms with Gasteiger partial charge in [0, 0.05) is 32.0 Å². The van der Waals surface area contributed by atoms with Crippen LogP contribution in [0.4, 0.5) is 0 Å². The molecule has 0 radical (unpaired) electrons. The summed E-state index contributed by atoms with van der Waals surface area (Å²) < 4.78 is 24.4. The fourth-order valence-electron chi connectivity index (χ4n) is 5.87. The van der Waals surface area contributed by atoms with E-state index in [1.807, 2.05) is 6.07 Å². The minimum absolute atomic E-state index is 0.103. The zero-order valence-electron chi connectivity index (χ0n) is 15.7. The Balaban J connectivity index is 1.94. The molecule has 3 aliphatic rings. The van der Waals surface area contributed by atoms with Crippen molar-refractivity contribution < 1.29 is 18.7 Å². The molecule has 1 aromatic carbocycles. The number of benzene rings is 1. The zero-order chi connectivity index (χ0) is 18.4. The largest absolute Gasteiger partial charge is 0.377 e. The third kappa shape index (κ3) is 2.50. The summed E-state index contributed by atoms with van der Waals surface area (Å²) in [6.07, 6.45) is 7.18. The summed E-state index contributed by atoms with van der Waals surface area (Å²) in [6, 6.07) is 10.4. The molecule has 4 nitrogen and oxygen atoms in total. The number of hydrogen-bond donors (Lipinski definition) is 1. The van der Waals surface area contributed by atoms with E-state index in [1.165, 1.54) is 37.4 Å². The highest BCUT2D eigenvalue weighted by Crippen LogP contribution is 2.73. The van der Waals surface area contributed by atoms with Crippen molar-refractivity contribution in [3.05, 3.63) is 47.0 Å². The molecule has 26 heavy (non-hydrogen) atoms. The Labute approximate surface area is 156 Å². The lowest BCUT2D eigenvalue weighted by Gasteiger charge is -2.56. The van der Waals surface area contributed by atoms with Gasteiger partial charge in [-0.15, -0.1) is 0 Å². The van der Waals surface area contributed by atoms with Gasteiger partial charge in [0.1, 0.15) is 0 Å². The van der Waals surface area contributed by atoms with E-state index in [1.54, 1.807) is 0 Å². The number of rotatable bonds is 4. The predicted molar refractivity (Wildman–Crippen MR) is 102 cm³/mol. The predicted octanol–water partition coefficient (Wildman–Crippen LogP) is 5.25. The molecular formula is C21H29O4P. The molecule has 0 spiro atoms. The first-order valence-electron chi connectivity index (χ1n) is 9.77. The van der Waals surface area contributed by atoms with Crippen molar-refractivity contribution in [3.63, 3.8) is 0 Å². The molecule has 0 heterocycles. The van der Waals surface area contributed by atoms with E-state index in [0.29, 0.717) is 0 Å². The van der Waals surface area contributed by atoms with Gasteiger partial charge in [-0.3, -0.25) is 4.57 Å². The van der Waals surface area contributed by atoms with Crippen molar-refractivity contribution in [2.24, 2.45) is 11.8 Å². The van der Waals surface area contributed by atoms with E-state index in [0.717, 1.165) is 38.5 Å².